The van der Waals surface area contributed by atoms with Crippen LogP contribution in [0, 0.1) is 6.92 Å². The van der Waals surface area contributed by atoms with E-state index in [4.69, 9.17) is 32.7 Å². The summed E-state index contributed by atoms with van der Waals surface area (Å²) in [5.74, 6) is 0.0983. The highest BCUT2D eigenvalue weighted by Gasteiger charge is 2.25. The highest BCUT2D eigenvalue weighted by atomic mass is 35.5. The minimum atomic E-state index is -0.916. The van der Waals surface area contributed by atoms with Gasteiger partial charge in [-0.3, -0.25) is 9.59 Å². The topological polar surface area (TPSA) is 89.0 Å². The molecular weight excluding hydrogens is 501 g/mol. The van der Waals surface area contributed by atoms with Crippen LogP contribution in [0.3, 0.4) is 0 Å². The zero-order valence-corrected chi connectivity index (χ0v) is 21.6. The van der Waals surface area contributed by atoms with Crippen LogP contribution in [0.5, 0.6) is 11.5 Å². The molecule has 0 aromatic heterocycles. The van der Waals surface area contributed by atoms with Gasteiger partial charge in [0.1, 0.15) is 17.5 Å². The zero-order valence-electron chi connectivity index (χ0n) is 20.1. The quantitative estimate of drug-likeness (QED) is 0.288. The lowest BCUT2D eigenvalue weighted by Crippen LogP contribution is -2.50. The number of aryl methyl sites for hydroxylation is 1. The Kier molecular flexibility index (Phi) is 9.73. The van der Waals surface area contributed by atoms with Crippen LogP contribution in [0.4, 0.5) is 0 Å². The van der Waals surface area contributed by atoms with Gasteiger partial charge >= 0.3 is 0 Å². The molecule has 7 nitrogen and oxygen atoms in total. The molecule has 188 valence electrons. The van der Waals surface area contributed by atoms with Crippen molar-refractivity contribution < 1.29 is 19.1 Å². The van der Waals surface area contributed by atoms with E-state index >= 15 is 0 Å². The smallest absolute Gasteiger partial charge is 0.262 e. The molecule has 36 heavy (non-hydrogen) atoms. The Morgan fingerprint density at radius 1 is 1.03 bits per heavy atom. The molecule has 9 heteroatoms. The largest absolute Gasteiger partial charge is 0.497 e. The molecule has 2 amide bonds. The maximum Gasteiger partial charge on any atom is 0.262 e. The number of hydrazone groups is 1. The highest BCUT2D eigenvalue weighted by molar-refractivity contribution is 6.35. The number of amides is 2. The third-order valence-electron chi connectivity index (χ3n) is 5.34. The second-order valence-electron chi connectivity index (χ2n) is 8.04. The summed E-state index contributed by atoms with van der Waals surface area (Å²) in [6, 6.07) is 18.7. The standard InChI is InChI=1S/C27H27Cl2N3O4/c1-17-13-22(35-3)11-9-20(17)16-30-32-27(34)24(14-19-7-5-4-6-8-19)31-26(33)18(2)36-25-12-10-21(28)15-23(25)29/h4-13,15-16,18,24H,14H2,1-3H3,(H,31,33)(H,32,34)/b30-16-/t18-,24+/m1/s1. The summed E-state index contributed by atoms with van der Waals surface area (Å²) in [7, 11) is 1.60. The van der Waals surface area contributed by atoms with Crippen LogP contribution in [-0.4, -0.2) is 37.3 Å². The highest BCUT2D eigenvalue weighted by Crippen LogP contribution is 2.28. The van der Waals surface area contributed by atoms with Crippen molar-refractivity contribution in [1.82, 2.24) is 10.7 Å². The van der Waals surface area contributed by atoms with Crippen molar-refractivity contribution in [1.29, 1.82) is 0 Å². The van der Waals surface area contributed by atoms with Crippen molar-refractivity contribution in [2.24, 2.45) is 5.10 Å². The SMILES string of the molecule is COc1ccc(/C=N\NC(=O)[C@H](Cc2ccccc2)NC(=O)[C@@H](C)Oc2ccc(Cl)cc2Cl)c(C)c1. The van der Waals surface area contributed by atoms with Gasteiger partial charge in [0.05, 0.1) is 18.3 Å². The molecule has 0 radical (unpaired) electrons. The van der Waals surface area contributed by atoms with Gasteiger partial charge in [-0.05, 0) is 66.9 Å². The van der Waals surface area contributed by atoms with Crippen molar-refractivity contribution in [3.8, 4) is 11.5 Å². The number of nitrogens with zero attached hydrogens (tertiary/aromatic N) is 1. The third kappa shape index (κ3) is 7.73. The average Bonchev–Trinajstić information content (AvgIpc) is 2.86. The number of halogens is 2. The molecule has 0 spiro atoms. The number of rotatable bonds is 10. The van der Waals surface area contributed by atoms with E-state index in [1.807, 2.05) is 55.5 Å². The van der Waals surface area contributed by atoms with Crippen LogP contribution >= 0.6 is 23.2 Å². The van der Waals surface area contributed by atoms with Gasteiger partial charge in [0.15, 0.2) is 6.10 Å². The molecule has 2 atom stereocenters. The van der Waals surface area contributed by atoms with Gasteiger partial charge < -0.3 is 14.8 Å². The molecule has 0 heterocycles. The second-order valence-corrected chi connectivity index (χ2v) is 8.89. The first kappa shape index (κ1) is 27.0. The number of benzene rings is 3. The summed E-state index contributed by atoms with van der Waals surface area (Å²) in [6.45, 7) is 3.49. The molecule has 0 bridgehead atoms. The Bertz CT molecular complexity index is 1230. The zero-order chi connectivity index (χ0) is 26.1. The predicted molar refractivity (Wildman–Crippen MR) is 142 cm³/mol. The van der Waals surface area contributed by atoms with Crippen LogP contribution in [0.25, 0.3) is 0 Å². The van der Waals surface area contributed by atoms with Gasteiger partial charge in [0.2, 0.25) is 0 Å². The van der Waals surface area contributed by atoms with E-state index in [1.165, 1.54) is 6.07 Å². The number of ether oxygens (including phenoxy) is 2. The minimum absolute atomic E-state index is 0.268. The number of nitrogens with one attached hydrogen (secondary N) is 2. The first-order valence-electron chi connectivity index (χ1n) is 11.2. The van der Waals surface area contributed by atoms with Crippen LogP contribution in [0.15, 0.2) is 71.8 Å². The number of methoxy groups -OCH3 is 1. The molecule has 0 fully saturated rings. The Balaban J connectivity index is 1.69. The summed E-state index contributed by atoms with van der Waals surface area (Å²) < 4.78 is 10.9. The van der Waals surface area contributed by atoms with Gasteiger partial charge in [-0.2, -0.15) is 5.10 Å². The van der Waals surface area contributed by atoms with Crippen LogP contribution in [-0.2, 0) is 16.0 Å². The summed E-state index contributed by atoms with van der Waals surface area (Å²) in [5, 5.41) is 7.57. The molecule has 3 aromatic carbocycles. The van der Waals surface area contributed by atoms with Crippen LogP contribution in [0.2, 0.25) is 10.0 Å². The van der Waals surface area contributed by atoms with E-state index in [2.05, 4.69) is 15.8 Å². The molecule has 3 rings (SSSR count). The molecule has 0 aliphatic heterocycles. The first-order chi connectivity index (χ1) is 17.3. The van der Waals surface area contributed by atoms with E-state index < -0.39 is 24.0 Å². The molecule has 0 aliphatic carbocycles. The van der Waals surface area contributed by atoms with Crippen LogP contribution < -0.4 is 20.2 Å². The molecule has 0 unspecified atom stereocenters. The van der Waals surface area contributed by atoms with E-state index in [1.54, 1.807) is 32.4 Å². The van der Waals surface area contributed by atoms with Gasteiger partial charge in [0.25, 0.3) is 11.8 Å². The van der Waals surface area contributed by atoms with Gasteiger partial charge in [-0.1, -0.05) is 53.5 Å². The number of hydrogen-bond donors (Lipinski definition) is 2. The summed E-state index contributed by atoms with van der Waals surface area (Å²) in [5.41, 5.74) is 5.16. The molecular formula is C27H27Cl2N3O4. The Morgan fingerprint density at radius 3 is 2.44 bits per heavy atom. The number of carbonyl (C=O) groups is 2. The molecule has 0 saturated heterocycles. The fraction of sp³-hybridized carbons (Fsp3) is 0.222. The van der Waals surface area contributed by atoms with E-state index in [0.29, 0.717) is 10.8 Å². The lowest BCUT2D eigenvalue weighted by atomic mass is 10.1. The van der Waals surface area contributed by atoms with E-state index in [9.17, 15) is 9.59 Å². The molecule has 0 aliphatic rings. The van der Waals surface area contributed by atoms with Gasteiger partial charge in [-0.15, -0.1) is 0 Å². The molecule has 3 aromatic rings. The lowest BCUT2D eigenvalue weighted by Gasteiger charge is -2.21. The molecule has 2 N–H and O–H groups in total. The van der Waals surface area contributed by atoms with Crippen molar-refractivity contribution in [3.05, 3.63) is 93.5 Å². The van der Waals surface area contributed by atoms with Crippen molar-refractivity contribution in [2.45, 2.75) is 32.4 Å². The van der Waals surface area contributed by atoms with E-state index in [0.717, 1.165) is 22.4 Å². The summed E-state index contributed by atoms with van der Waals surface area (Å²) in [6.07, 6.45) is 0.895. The summed E-state index contributed by atoms with van der Waals surface area (Å²) >= 11 is 12.1. The van der Waals surface area contributed by atoms with E-state index in [-0.39, 0.29) is 11.4 Å². The Morgan fingerprint density at radius 2 is 1.78 bits per heavy atom. The van der Waals surface area contributed by atoms with Crippen molar-refractivity contribution >= 4 is 41.2 Å². The maximum absolute atomic E-state index is 13.0. The fourth-order valence-corrected chi connectivity index (χ4v) is 3.78. The summed E-state index contributed by atoms with van der Waals surface area (Å²) in [4.78, 5) is 25.9. The Labute approximate surface area is 220 Å². The predicted octanol–water partition coefficient (Wildman–Crippen LogP) is 4.96. The maximum atomic E-state index is 13.0. The van der Waals surface area contributed by atoms with Crippen molar-refractivity contribution in [2.75, 3.05) is 7.11 Å². The van der Waals surface area contributed by atoms with Crippen molar-refractivity contribution in [3.63, 3.8) is 0 Å². The Hall–Kier alpha value is -3.55. The van der Waals surface area contributed by atoms with Crippen LogP contribution in [0.1, 0.15) is 23.6 Å². The van der Waals surface area contributed by atoms with Gasteiger partial charge in [-0.25, -0.2) is 5.43 Å². The monoisotopic (exact) mass is 527 g/mol. The van der Waals surface area contributed by atoms with Gasteiger partial charge in [0, 0.05) is 11.4 Å². The fourth-order valence-electron chi connectivity index (χ4n) is 3.33. The first-order valence-corrected chi connectivity index (χ1v) is 12.0. The second kappa shape index (κ2) is 13.0. The number of hydrogen-bond acceptors (Lipinski definition) is 5. The lowest BCUT2D eigenvalue weighted by molar-refractivity contribution is -0.132. The normalized spacial score (nSPS) is 12.6. The minimum Gasteiger partial charge on any atom is -0.497 e. The molecule has 0 saturated carbocycles. The number of carbonyl (C=O) groups excluding carboxylic acids is 2. The average molecular weight is 528 g/mol. The third-order valence-corrected chi connectivity index (χ3v) is 5.87.